The monoisotopic (exact) mass is 290 g/mol. The van der Waals surface area contributed by atoms with Gasteiger partial charge in [0, 0.05) is 6.54 Å². The Balaban J connectivity index is 2.64. The first-order valence-electron chi connectivity index (χ1n) is 6.06. The van der Waals surface area contributed by atoms with Gasteiger partial charge in [0.05, 0.1) is 18.2 Å². The minimum atomic E-state index is -4.37. The van der Waals surface area contributed by atoms with Crippen molar-refractivity contribution in [2.75, 3.05) is 6.61 Å². The highest BCUT2D eigenvalue weighted by molar-refractivity contribution is 5.74. The van der Waals surface area contributed by atoms with E-state index in [0.717, 1.165) is 12.1 Å². The molecule has 3 N–H and O–H groups in total. The third-order valence-corrected chi connectivity index (χ3v) is 2.76. The summed E-state index contributed by atoms with van der Waals surface area (Å²) in [6.45, 7) is 3.12. The summed E-state index contributed by atoms with van der Waals surface area (Å²) in [7, 11) is 0. The molecule has 20 heavy (non-hydrogen) atoms. The summed E-state index contributed by atoms with van der Waals surface area (Å²) in [5, 5.41) is 13.8. The number of carbonyl (C=O) groups is 1. The zero-order chi connectivity index (χ0) is 15.3. The number of benzene rings is 1. The van der Waals surface area contributed by atoms with Gasteiger partial charge in [-0.05, 0) is 37.1 Å². The molecule has 0 fully saturated rings. The van der Waals surface area contributed by atoms with Crippen LogP contribution in [0.2, 0.25) is 0 Å². The van der Waals surface area contributed by atoms with Crippen LogP contribution in [0, 0.1) is 6.92 Å². The van der Waals surface area contributed by atoms with Gasteiger partial charge in [0.2, 0.25) is 0 Å². The molecule has 0 radical (unpaired) electrons. The maximum atomic E-state index is 12.5. The molecule has 1 rings (SSSR count). The van der Waals surface area contributed by atoms with Crippen molar-refractivity contribution in [3.8, 4) is 0 Å². The summed E-state index contributed by atoms with van der Waals surface area (Å²) in [4.78, 5) is 11.4. The lowest BCUT2D eigenvalue weighted by Gasteiger charge is -2.14. The summed E-state index contributed by atoms with van der Waals surface area (Å²) < 4.78 is 37.5. The average Bonchev–Trinajstić information content (AvgIpc) is 2.35. The van der Waals surface area contributed by atoms with E-state index in [9.17, 15) is 18.0 Å². The Hall–Kier alpha value is -1.76. The normalized spacial score (nSPS) is 12.9. The van der Waals surface area contributed by atoms with Crippen molar-refractivity contribution in [3.05, 3.63) is 34.9 Å². The van der Waals surface area contributed by atoms with E-state index >= 15 is 0 Å². The van der Waals surface area contributed by atoms with Gasteiger partial charge in [-0.1, -0.05) is 6.07 Å². The first-order valence-corrected chi connectivity index (χ1v) is 6.06. The van der Waals surface area contributed by atoms with Crippen LogP contribution >= 0.6 is 0 Å². The van der Waals surface area contributed by atoms with E-state index in [-0.39, 0.29) is 19.2 Å². The third-order valence-electron chi connectivity index (χ3n) is 2.76. The predicted molar refractivity (Wildman–Crippen MR) is 68.1 cm³/mol. The van der Waals surface area contributed by atoms with Crippen LogP contribution in [-0.2, 0) is 12.7 Å². The van der Waals surface area contributed by atoms with Crippen LogP contribution in [0.25, 0.3) is 0 Å². The van der Waals surface area contributed by atoms with E-state index in [1.807, 2.05) is 0 Å². The second-order valence-electron chi connectivity index (χ2n) is 4.55. The molecule has 2 amide bonds. The van der Waals surface area contributed by atoms with Crippen LogP contribution in [0.4, 0.5) is 18.0 Å². The molecule has 1 aromatic rings. The Morgan fingerprint density at radius 3 is 2.55 bits per heavy atom. The van der Waals surface area contributed by atoms with Gasteiger partial charge >= 0.3 is 12.2 Å². The molecular formula is C13H17F3N2O2. The van der Waals surface area contributed by atoms with Crippen LogP contribution in [0.5, 0.6) is 0 Å². The van der Waals surface area contributed by atoms with Gasteiger partial charge in [0.1, 0.15) is 0 Å². The smallest absolute Gasteiger partial charge is 0.394 e. The lowest BCUT2D eigenvalue weighted by molar-refractivity contribution is -0.137. The maximum Gasteiger partial charge on any atom is 0.416 e. The molecule has 4 nitrogen and oxygen atoms in total. The fraction of sp³-hybridized carbons (Fsp3) is 0.462. The standard InChI is InChI=1S/C13H17F3N2O2/c1-8-5-11(13(14,15)16)4-3-10(8)6-17-12(20)18-9(2)7-19/h3-5,9,19H,6-7H2,1-2H3,(H2,17,18,20)/t9-/m1/s1. The SMILES string of the molecule is Cc1cc(C(F)(F)F)ccc1CNC(=O)N[C@H](C)CO. The summed E-state index contributed by atoms with van der Waals surface area (Å²) in [6.07, 6.45) is -4.37. The molecule has 0 saturated carbocycles. The fourth-order valence-corrected chi connectivity index (χ4v) is 1.57. The Bertz CT molecular complexity index is 475. The second-order valence-corrected chi connectivity index (χ2v) is 4.55. The van der Waals surface area contributed by atoms with Crippen molar-refractivity contribution >= 4 is 6.03 Å². The van der Waals surface area contributed by atoms with Crippen molar-refractivity contribution in [1.29, 1.82) is 0 Å². The van der Waals surface area contributed by atoms with Crippen molar-refractivity contribution in [1.82, 2.24) is 10.6 Å². The van der Waals surface area contributed by atoms with Gasteiger partial charge in [0.15, 0.2) is 0 Å². The number of urea groups is 1. The molecule has 1 aromatic carbocycles. The lowest BCUT2D eigenvalue weighted by atomic mass is 10.0. The predicted octanol–water partition coefficient (Wildman–Crippen LogP) is 2.19. The second kappa shape index (κ2) is 6.60. The Morgan fingerprint density at radius 2 is 2.05 bits per heavy atom. The van der Waals surface area contributed by atoms with Gasteiger partial charge in [-0.2, -0.15) is 13.2 Å². The van der Waals surface area contributed by atoms with Crippen LogP contribution in [-0.4, -0.2) is 23.8 Å². The number of amides is 2. The Morgan fingerprint density at radius 1 is 1.40 bits per heavy atom. The topological polar surface area (TPSA) is 61.4 Å². The van der Waals surface area contributed by atoms with Crippen LogP contribution in [0.3, 0.4) is 0 Å². The van der Waals surface area contributed by atoms with E-state index in [1.165, 1.54) is 6.07 Å². The number of carbonyl (C=O) groups excluding carboxylic acids is 1. The number of aliphatic hydroxyl groups is 1. The van der Waals surface area contributed by atoms with Crippen molar-refractivity contribution in [2.45, 2.75) is 32.6 Å². The molecule has 112 valence electrons. The molecule has 0 saturated heterocycles. The third kappa shape index (κ3) is 4.73. The van der Waals surface area contributed by atoms with E-state index in [4.69, 9.17) is 5.11 Å². The summed E-state index contributed by atoms with van der Waals surface area (Å²) >= 11 is 0. The first kappa shape index (κ1) is 16.3. The zero-order valence-electron chi connectivity index (χ0n) is 11.2. The van der Waals surface area contributed by atoms with E-state index in [0.29, 0.717) is 11.1 Å². The Kier molecular flexibility index (Phi) is 5.38. The van der Waals surface area contributed by atoms with Gasteiger partial charge in [-0.15, -0.1) is 0 Å². The molecule has 7 heteroatoms. The molecular weight excluding hydrogens is 273 g/mol. The fourth-order valence-electron chi connectivity index (χ4n) is 1.57. The van der Waals surface area contributed by atoms with E-state index < -0.39 is 17.8 Å². The van der Waals surface area contributed by atoms with Crippen LogP contribution < -0.4 is 10.6 Å². The molecule has 0 bridgehead atoms. The van der Waals surface area contributed by atoms with Crippen molar-refractivity contribution in [2.24, 2.45) is 0 Å². The number of hydrogen-bond acceptors (Lipinski definition) is 2. The lowest BCUT2D eigenvalue weighted by Crippen LogP contribution is -2.42. The van der Waals surface area contributed by atoms with Gasteiger partial charge in [0.25, 0.3) is 0 Å². The van der Waals surface area contributed by atoms with Gasteiger partial charge in [-0.25, -0.2) is 4.79 Å². The number of hydrogen-bond donors (Lipinski definition) is 3. The number of halogens is 3. The van der Waals surface area contributed by atoms with Crippen molar-refractivity contribution < 1.29 is 23.1 Å². The van der Waals surface area contributed by atoms with E-state index in [2.05, 4.69) is 10.6 Å². The zero-order valence-corrected chi connectivity index (χ0v) is 11.2. The number of aryl methyl sites for hydroxylation is 1. The molecule has 0 heterocycles. The molecule has 0 aliphatic carbocycles. The number of rotatable bonds is 4. The molecule has 0 unspecified atom stereocenters. The number of alkyl halides is 3. The molecule has 0 aliphatic heterocycles. The maximum absolute atomic E-state index is 12.5. The highest BCUT2D eigenvalue weighted by atomic mass is 19.4. The van der Waals surface area contributed by atoms with Crippen LogP contribution in [0.15, 0.2) is 18.2 Å². The van der Waals surface area contributed by atoms with E-state index in [1.54, 1.807) is 13.8 Å². The molecule has 0 spiro atoms. The number of nitrogens with one attached hydrogen (secondary N) is 2. The summed E-state index contributed by atoms with van der Waals surface area (Å²) in [5.41, 5.74) is 0.345. The first-order chi connectivity index (χ1) is 9.24. The summed E-state index contributed by atoms with van der Waals surface area (Å²) in [5.74, 6) is 0. The van der Waals surface area contributed by atoms with Crippen LogP contribution in [0.1, 0.15) is 23.6 Å². The average molecular weight is 290 g/mol. The molecule has 1 atom stereocenters. The highest BCUT2D eigenvalue weighted by Gasteiger charge is 2.30. The minimum Gasteiger partial charge on any atom is -0.394 e. The van der Waals surface area contributed by atoms with Gasteiger partial charge in [-0.3, -0.25) is 0 Å². The Labute approximate surface area is 115 Å². The molecule has 0 aliphatic rings. The largest absolute Gasteiger partial charge is 0.416 e. The number of aliphatic hydroxyl groups excluding tert-OH is 1. The van der Waals surface area contributed by atoms with Crippen molar-refractivity contribution in [3.63, 3.8) is 0 Å². The quantitative estimate of drug-likeness (QED) is 0.796. The molecule has 0 aromatic heterocycles. The van der Waals surface area contributed by atoms with Gasteiger partial charge < -0.3 is 15.7 Å². The highest BCUT2D eigenvalue weighted by Crippen LogP contribution is 2.30. The summed E-state index contributed by atoms with van der Waals surface area (Å²) in [6, 6.07) is 2.51. The minimum absolute atomic E-state index is 0.119.